The molecule has 0 saturated heterocycles. The molecule has 184 valence electrons. The molecule has 1 heterocycles. The van der Waals surface area contributed by atoms with E-state index >= 15 is 0 Å². The molecule has 5 nitrogen and oxygen atoms in total. The highest BCUT2D eigenvalue weighted by molar-refractivity contribution is 6.35. The van der Waals surface area contributed by atoms with E-state index in [1.165, 1.54) is 17.4 Å². The lowest BCUT2D eigenvalue weighted by molar-refractivity contribution is -0.272. The molecule has 1 unspecified atom stereocenters. The van der Waals surface area contributed by atoms with Gasteiger partial charge in [0.1, 0.15) is 10.8 Å². The fraction of sp³-hybridized carbons (Fsp3) is 0.286. The molecular formula is C21H16Cl2F6N2O3. The van der Waals surface area contributed by atoms with Gasteiger partial charge < -0.3 is 4.74 Å². The van der Waals surface area contributed by atoms with Gasteiger partial charge in [0.05, 0.1) is 17.2 Å². The zero-order chi connectivity index (χ0) is 25.7. The molecule has 0 aliphatic carbocycles. The summed E-state index contributed by atoms with van der Waals surface area (Å²) in [4.78, 5) is 28.4. The van der Waals surface area contributed by atoms with E-state index in [1.807, 2.05) is 0 Å². The highest BCUT2D eigenvalue weighted by Gasteiger charge is 2.61. The summed E-state index contributed by atoms with van der Waals surface area (Å²) in [5.41, 5.74) is -5.62. The summed E-state index contributed by atoms with van der Waals surface area (Å²) in [5, 5.41) is -0.585. The van der Waals surface area contributed by atoms with Gasteiger partial charge in [0.2, 0.25) is 5.60 Å². The number of carbonyl (C=O) groups excluding carboxylic acids is 2. The van der Waals surface area contributed by atoms with Gasteiger partial charge in [-0.15, -0.1) is 6.58 Å². The van der Waals surface area contributed by atoms with Gasteiger partial charge in [0.15, 0.2) is 0 Å². The SMILES string of the molecule is C=CCCC(OCc1ccccc1)(C(=O)NC(=O)c1nc(Cl)c(C(F)(F)F)cc1Cl)C(F)(F)F. The minimum Gasteiger partial charge on any atom is -0.352 e. The summed E-state index contributed by atoms with van der Waals surface area (Å²) < 4.78 is 86.1. The van der Waals surface area contributed by atoms with Crippen LogP contribution in [0.15, 0.2) is 49.1 Å². The average Bonchev–Trinajstić information content (AvgIpc) is 2.74. The number of imide groups is 1. The third kappa shape index (κ3) is 6.28. The van der Waals surface area contributed by atoms with Gasteiger partial charge in [-0.25, -0.2) is 4.98 Å². The Balaban J connectivity index is 2.40. The van der Waals surface area contributed by atoms with Crippen LogP contribution in [-0.4, -0.2) is 28.6 Å². The zero-order valence-electron chi connectivity index (χ0n) is 17.1. The number of nitrogens with zero attached hydrogens (tertiary/aromatic N) is 1. The second-order valence-corrected chi connectivity index (χ2v) is 7.63. The molecule has 0 aliphatic rings. The number of benzene rings is 1. The van der Waals surface area contributed by atoms with E-state index in [-0.39, 0.29) is 12.5 Å². The first-order chi connectivity index (χ1) is 15.7. The van der Waals surface area contributed by atoms with Crippen molar-refractivity contribution in [3.05, 3.63) is 76.0 Å². The molecule has 0 saturated carbocycles. The molecule has 34 heavy (non-hydrogen) atoms. The maximum atomic E-state index is 14.1. The van der Waals surface area contributed by atoms with Crippen LogP contribution in [-0.2, 0) is 22.3 Å². The monoisotopic (exact) mass is 528 g/mol. The van der Waals surface area contributed by atoms with E-state index in [1.54, 1.807) is 18.2 Å². The van der Waals surface area contributed by atoms with Crippen LogP contribution >= 0.6 is 23.2 Å². The molecule has 1 aromatic heterocycles. The van der Waals surface area contributed by atoms with E-state index in [0.717, 1.165) is 6.08 Å². The number of nitrogens with one attached hydrogen (secondary N) is 1. The van der Waals surface area contributed by atoms with Crippen LogP contribution in [0.1, 0.15) is 34.5 Å². The van der Waals surface area contributed by atoms with Gasteiger partial charge in [-0.05, 0) is 24.5 Å². The second-order valence-electron chi connectivity index (χ2n) is 6.86. The van der Waals surface area contributed by atoms with Gasteiger partial charge in [0.25, 0.3) is 11.8 Å². The highest BCUT2D eigenvalue weighted by Crippen LogP contribution is 2.39. The fourth-order valence-corrected chi connectivity index (χ4v) is 3.26. The zero-order valence-corrected chi connectivity index (χ0v) is 18.6. The molecule has 2 rings (SSSR count). The molecule has 0 fully saturated rings. The number of amides is 2. The Bertz CT molecular complexity index is 1060. The van der Waals surface area contributed by atoms with Crippen molar-refractivity contribution in [2.75, 3.05) is 0 Å². The molecular weight excluding hydrogens is 513 g/mol. The average molecular weight is 529 g/mol. The van der Waals surface area contributed by atoms with Crippen molar-refractivity contribution in [3.63, 3.8) is 0 Å². The van der Waals surface area contributed by atoms with Crippen molar-refractivity contribution in [3.8, 4) is 0 Å². The van der Waals surface area contributed by atoms with Crippen LogP contribution in [0.3, 0.4) is 0 Å². The Morgan fingerprint density at radius 1 is 1.09 bits per heavy atom. The summed E-state index contributed by atoms with van der Waals surface area (Å²) >= 11 is 11.1. The summed E-state index contributed by atoms with van der Waals surface area (Å²) in [7, 11) is 0. The fourth-order valence-electron chi connectivity index (χ4n) is 2.78. The van der Waals surface area contributed by atoms with Crippen LogP contribution in [0.25, 0.3) is 0 Å². The largest absolute Gasteiger partial charge is 0.426 e. The molecule has 13 heteroatoms. The van der Waals surface area contributed by atoms with Gasteiger partial charge >= 0.3 is 12.4 Å². The van der Waals surface area contributed by atoms with Gasteiger partial charge in [0, 0.05) is 0 Å². The predicted octanol–water partition coefficient (Wildman–Crippen LogP) is 6.15. The number of aromatic nitrogens is 1. The summed E-state index contributed by atoms with van der Waals surface area (Å²) in [5.74, 6) is -3.50. The topological polar surface area (TPSA) is 68.3 Å². The lowest BCUT2D eigenvalue weighted by Gasteiger charge is -2.34. The maximum Gasteiger partial charge on any atom is 0.426 e. The Morgan fingerprint density at radius 3 is 2.24 bits per heavy atom. The molecule has 1 atom stereocenters. The molecule has 2 amide bonds. The van der Waals surface area contributed by atoms with Crippen molar-refractivity contribution in [1.82, 2.24) is 10.3 Å². The smallest absolute Gasteiger partial charge is 0.352 e. The Labute approximate surface area is 199 Å². The third-order valence-electron chi connectivity index (χ3n) is 4.53. The molecule has 1 aromatic carbocycles. The van der Waals surface area contributed by atoms with Crippen LogP contribution < -0.4 is 5.32 Å². The molecule has 0 aliphatic heterocycles. The quantitative estimate of drug-likeness (QED) is 0.253. The minimum atomic E-state index is -5.29. The summed E-state index contributed by atoms with van der Waals surface area (Å²) in [6, 6.07) is 7.91. The standard InChI is InChI=1S/C21H16Cl2F6N2O3/c1-2-3-9-19(21(27,28)29,34-11-12-7-5-4-6-8-12)18(33)31-17(32)15-14(22)10-13(16(23)30-15)20(24,25)26/h2,4-8,10H,1,3,9,11H2,(H,31,32,33). The van der Waals surface area contributed by atoms with Crippen LogP contribution in [0.4, 0.5) is 26.3 Å². The first-order valence-corrected chi connectivity index (χ1v) is 10.1. The highest BCUT2D eigenvalue weighted by atomic mass is 35.5. The lowest BCUT2D eigenvalue weighted by Crippen LogP contribution is -2.59. The van der Waals surface area contributed by atoms with E-state index in [2.05, 4.69) is 11.6 Å². The van der Waals surface area contributed by atoms with E-state index in [9.17, 15) is 35.9 Å². The summed E-state index contributed by atoms with van der Waals surface area (Å²) in [6.45, 7) is 2.69. The lowest BCUT2D eigenvalue weighted by atomic mass is 9.94. The van der Waals surface area contributed by atoms with Gasteiger partial charge in [-0.3, -0.25) is 14.9 Å². The number of carbonyl (C=O) groups is 2. The first kappa shape index (κ1) is 27.6. The number of hydrogen-bond donors (Lipinski definition) is 1. The Morgan fingerprint density at radius 2 is 1.71 bits per heavy atom. The number of alkyl halides is 6. The van der Waals surface area contributed by atoms with E-state index in [0.29, 0.717) is 5.56 Å². The molecule has 2 aromatic rings. The van der Waals surface area contributed by atoms with E-state index < -0.39 is 64.2 Å². The van der Waals surface area contributed by atoms with Crippen molar-refractivity contribution in [2.24, 2.45) is 0 Å². The van der Waals surface area contributed by atoms with Gasteiger partial charge in [-0.2, -0.15) is 26.3 Å². The second kappa shape index (κ2) is 10.7. The molecule has 0 spiro atoms. The number of hydrogen-bond acceptors (Lipinski definition) is 4. The van der Waals surface area contributed by atoms with Crippen molar-refractivity contribution < 1.29 is 40.7 Å². The number of allylic oxidation sites excluding steroid dienone is 1. The van der Waals surface area contributed by atoms with Crippen LogP contribution in [0.5, 0.6) is 0 Å². The number of ether oxygens (including phenoxy) is 1. The molecule has 1 N–H and O–H groups in total. The van der Waals surface area contributed by atoms with Crippen molar-refractivity contribution in [1.29, 1.82) is 0 Å². The normalized spacial score (nSPS) is 13.8. The first-order valence-electron chi connectivity index (χ1n) is 9.37. The van der Waals surface area contributed by atoms with Gasteiger partial charge in [-0.1, -0.05) is 59.6 Å². The van der Waals surface area contributed by atoms with Crippen molar-refractivity contribution >= 4 is 35.0 Å². The van der Waals surface area contributed by atoms with Crippen molar-refractivity contribution in [2.45, 2.75) is 37.4 Å². The maximum absolute atomic E-state index is 14.1. The third-order valence-corrected chi connectivity index (χ3v) is 5.11. The summed E-state index contributed by atoms with van der Waals surface area (Å²) in [6.07, 6.45) is -10.4. The predicted molar refractivity (Wildman–Crippen MR) is 111 cm³/mol. The Kier molecular flexibility index (Phi) is 8.73. The number of halogens is 8. The molecule has 0 bridgehead atoms. The van der Waals surface area contributed by atoms with Crippen LogP contribution in [0, 0.1) is 0 Å². The number of rotatable bonds is 8. The molecule has 0 radical (unpaired) electrons. The number of pyridine rings is 1. The minimum absolute atomic E-state index is 0.275. The van der Waals surface area contributed by atoms with Crippen LogP contribution in [0.2, 0.25) is 10.2 Å². The van der Waals surface area contributed by atoms with E-state index in [4.69, 9.17) is 27.9 Å². The Hall–Kier alpha value is -2.63.